The molecule has 0 N–H and O–H groups in total. The highest BCUT2D eigenvalue weighted by Gasteiger charge is 2.19. The molecule has 0 saturated carbocycles. The molecule has 0 aliphatic rings. The Morgan fingerprint density at radius 3 is 2.17 bits per heavy atom. The molecule has 118 valence electrons. The van der Waals surface area contributed by atoms with Crippen molar-refractivity contribution in [3.63, 3.8) is 0 Å². The van der Waals surface area contributed by atoms with E-state index in [1.807, 2.05) is 36.4 Å². The van der Waals surface area contributed by atoms with Crippen molar-refractivity contribution in [3.8, 4) is 11.4 Å². The van der Waals surface area contributed by atoms with Gasteiger partial charge in [0.05, 0.1) is 0 Å². The maximum Gasteiger partial charge on any atom is 0.308 e. The molecule has 5 nitrogen and oxygen atoms in total. The van der Waals surface area contributed by atoms with E-state index in [1.165, 1.54) is 11.7 Å². The molecule has 2 aromatic carbocycles. The number of nitrogens with zero attached hydrogens (tertiary/aromatic N) is 3. The van der Waals surface area contributed by atoms with Gasteiger partial charge in [0, 0.05) is 6.92 Å². The molecule has 0 aliphatic carbocycles. The van der Waals surface area contributed by atoms with Crippen LogP contribution in [0.3, 0.4) is 0 Å². The molecule has 23 heavy (non-hydrogen) atoms. The van der Waals surface area contributed by atoms with Crippen LogP contribution in [0.5, 0.6) is 5.75 Å². The summed E-state index contributed by atoms with van der Waals surface area (Å²) in [4.78, 5) is 12.9. The molecule has 3 rings (SSSR count). The molecule has 0 amide bonds. The summed E-state index contributed by atoms with van der Waals surface area (Å²) in [5.74, 6) is 0.0808. The summed E-state index contributed by atoms with van der Waals surface area (Å²) in [7, 11) is 0. The van der Waals surface area contributed by atoms with Crippen LogP contribution in [-0.2, 0) is 10.2 Å². The van der Waals surface area contributed by atoms with E-state index in [-0.39, 0.29) is 11.4 Å². The lowest BCUT2D eigenvalue weighted by molar-refractivity contribution is -0.131. The number of aromatic nitrogens is 3. The molecule has 0 saturated heterocycles. The highest BCUT2D eigenvalue weighted by Crippen LogP contribution is 2.30. The Morgan fingerprint density at radius 2 is 1.65 bits per heavy atom. The van der Waals surface area contributed by atoms with E-state index in [0.29, 0.717) is 11.4 Å². The summed E-state index contributed by atoms with van der Waals surface area (Å²) in [6.07, 6.45) is 0. The molecule has 0 fully saturated rings. The number of carbonyl (C=O) groups is 1. The van der Waals surface area contributed by atoms with Crippen molar-refractivity contribution >= 4 is 17.0 Å². The zero-order valence-corrected chi connectivity index (χ0v) is 13.7. The van der Waals surface area contributed by atoms with E-state index in [4.69, 9.17) is 4.74 Å². The summed E-state index contributed by atoms with van der Waals surface area (Å²) >= 11 is 0. The molecule has 1 aromatic heterocycles. The Balaban J connectivity index is 2.19. The van der Waals surface area contributed by atoms with Crippen molar-refractivity contribution in [2.45, 2.75) is 33.1 Å². The van der Waals surface area contributed by atoms with Gasteiger partial charge in [0.15, 0.2) is 5.75 Å². The standard InChI is InChI=1S/C18H19N3O2/c1-12(22)23-17-10-9-13(18(2,3)4)11-16(17)21-19-14-7-5-6-8-15(14)20-21/h5-11H,1-4H3. The van der Waals surface area contributed by atoms with Crippen molar-refractivity contribution in [2.75, 3.05) is 0 Å². The summed E-state index contributed by atoms with van der Waals surface area (Å²) in [5, 5.41) is 8.98. The van der Waals surface area contributed by atoms with Gasteiger partial charge in [0.2, 0.25) is 0 Å². The number of hydrogen-bond acceptors (Lipinski definition) is 4. The molecule has 5 heteroatoms. The molecule has 3 aromatic rings. The SMILES string of the molecule is CC(=O)Oc1ccc(C(C)(C)C)cc1-n1nc2ccccc2n1. The van der Waals surface area contributed by atoms with E-state index in [1.54, 1.807) is 6.07 Å². The van der Waals surface area contributed by atoms with Crippen LogP contribution in [0.1, 0.15) is 33.3 Å². The van der Waals surface area contributed by atoms with Gasteiger partial charge < -0.3 is 4.74 Å². The number of hydrogen-bond donors (Lipinski definition) is 0. The fourth-order valence-electron chi connectivity index (χ4n) is 2.35. The Hall–Kier alpha value is -2.69. The second-order valence-electron chi connectivity index (χ2n) is 6.50. The van der Waals surface area contributed by atoms with E-state index >= 15 is 0 Å². The van der Waals surface area contributed by atoms with E-state index in [2.05, 4.69) is 31.0 Å². The quantitative estimate of drug-likeness (QED) is 0.535. The van der Waals surface area contributed by atoms with Gasteiger partial charge in [-0.3, -0.25) is 4.79 Å². The molecule has 0 unspecified atom stereocenters. The number of carbonyl (C=O) groups excluding carboxylic acids is 1. The Bertz CT molecular complexity index is 842. The van der Waals surface area contributed by atoms with Gasteiger partial charge in [-0.05, 0) is 35.2 Å². The number of esters is 1. The normalized spacial score (nSPS) is 11.7. The maximum atomic E-state index is 11.4. The minimum atomic E-state index is -0.369. The van der Waals surface area contributed by atoms with Crippen LogP contribution in [0.25, 0.3) is 16.7 Å². The first-order chi connectivity index (χ1) is 10.8. The van der Waals surface area contributed by atoms with Gasteiger partial charge in [0.25, 0.3) is 0 Å². The first-order valence-electron chi connectivity index (χ1n) is 7.50. The second-order valence-corrected chi connectivity index (χ2v) is 6.50. The number of fused-ring (bicyclic) bond motifs is 1. The lowest BCUT2D eigenvalue weighted by Crippen LogP contribution is -2.14. The first-order valence-corrected chi connectivity index (χ1v) is 7.50. The van der Waals surface area contributed by atoms with Crippen LogP contribution in [0.2, 0.25) is 0 Å². The minimum absolute atomic E-state index is 0.0317. The first kappa shape index (κ1) is 15.2. The van der Waals surface area contributed by atoms with Crippen molar-refractivity contribution in [1.29, 1.82) is 0 Å². The van der Waals surface area contributed by atoms with Crippen LogP contribution in [0.4, 0.5) is 0 Å². The van der Waals surface area contributed by atoms with Gasteiger partial charge in [-0.25, -0.2) is 0 Å². The zero-order chi connectivity index (χ0) is 16.6. The highest BCUT2D eigenvalue weighted by molar-refractivity contribution is 5.74. The van der Waals surface area contributed by atoms with Crippen LogP contribution in [0, 0.1) is 0 Å². The van der Waals surface area contributed by atoms with Crippen molar-refractivity contribution in [1.82, 2.24) is 15.0 Å². The molecular formula is C18H19N3O2. The average Bonchev–Trinajstić information content (AvgIpc) is 2.89. The van der Waals surface area contributed by atoms with Gasteiger partial charge in [-0.2, -0.15) is 0 Å². The van der Waals surface area contributed by atoms with Gasteiger partial charge in [0.1, 0.15) is 16.7 Å². The second kappa shape index (κ2) is 5.50. The molecule has 0 radical (unpaired) electrons. The lowest BCUT2D eigenvalue weighted by atomic mass is 9.87. The van der Waals surface area contributed by atoms with Gasteiger partial charge in [-0.15, -0.1) is 15.0 Å². The number of rotatable bonds is 2. The predicted molar refractivity (Wildman–Crippen MR) is 88.9 cm³/mol. The molecule has 0 atom stereocenters. The Morgan fingerprint density at radius 1 is 1.04 bits per heavy atom. The Kier molecular flexibility index (Phi) is 3.64. The molecule has 0 bridgehead atoms. The van der Waals surface area contributed by atoms with Crippen LogP contribution >= 0.6 is 0 Å². The fourth-order valence-corrected chi connectivity index (χ4v) is 2.35. The maximum absolute atomic E-state index is 11.4. The predicted octanol–water partition coefficient (Wildman–Crippen LogP) is 3.64. The monoisotopic (exact) mass is 309 g/mol. The average molecular weight is 309 g/mol. The minimum Gasteiger partial charge on any atom is -0.424 e. The summed E-state index contributed by atoms with van der Waals surface area (Å²) in [6.45, 7) is 7.77. The Labute approximate surface area is 134 Å². The van der Waals surface area contributed by atoms with Crippen LogP contribution in [-0.4, -0.2) is 21.0 Å². The lowest BCUT2D eigenvalue weighted by Gasteiger charge is -2.20. The molecule has 0 spiro atoms. The van der Waals surface area contributed by atoms with E-state index < -0.39 is 0 Å². The number of ether oxygens (including phenoxy) is 1. The number of benzene rings is 2. The third-order valence-corrected chi connectivity index (χ3v) is 3.58. The summed E-state index contributed by atoms with van der Waals surface area (Å²) in [6, 6.07) is 13.4. The fraction of sp³-hybridized carbons (Fsp3) is 0.278. The molecular weight excluding hydrogens is 290 g/mol. The van der Waals surface area contributed by atoms with Crippen molar-refractivity contribution in [2.24, 2.45) is 0 Å². The highest BCUT2D eigenvalue weighted by atomic mass is 16.5. The molecule has 1 heterocycles. The summed E-state index contributed by atoms with van der Waals surface area (Å²) < 4.78 is 5.32. The van der Waals surface area contributed by atoms with Crippen molar-refractivity contribution < 1.29 is 9.53 Å². The van der Waals surface area contributed by atoms with Gasteiger partial charge >= 0.3 is 5.97 Å². The van der Waals surface area contributed by atoms with E-state index in [9.17, 15) is 4.79 Å². The van der Waals surface area contributed by atoms with Crippen LogP contribution in [0.15, 0.2) is 42.5 Å². The van der Waals surface area contributed by atoms with Crippen LogP contribution < -0.4 is 4.74 Å². The smallest absolute Gasteiger partial charge is 0.308 e. The van der Waals surface area contributed by atoms with E-state index in [0.717, 1.165) is 16.6 Å². The van der Waals surface area contributed by atoms with Crippen molar-refractivity contribution in [3.05, 3.63) is 48.0 Å². The zero-order valence-electron chi connectivity index (χ0n) is 13.7. The largest absolute Gasteiger partial charge is 0.424 e. The summed E-state index contributed by atoms with van der Waals surface area (Å²) in [5.41, 5.74) is 3.33. The van der Waals surface area contributed by atoms with Gasteiger partial charge in [-0.1, -0.05) is 39.0 Å². The topological polar surface area (TPSA) is 57.0 Å². The third kappa shape index (κ3) is 3.08. The third-order valence-electron chi connectivity index (χ3n) is 3.58. The molecule has 0 aliphatic heterocycles.